The normalized spacial score (nSPS) is 9.95. The molecule has 0 aliphatic heterocycles. The lowest BCUT2D eigenvalue weighted by atomic mass is 10.3. The van der Waals surface area contributed by atoms with Crippen LogP contribution in [0, 0.1) is 6.92 Å². The Morgan fingerprint density at radius 2 is 2.11 bits per heavy atom. The highest BCUT2D eigenvalue weighted by Crippen LogP contribution is 2.14. The van der Waals surface area contributed by atoms with Crippen molar-refractivity contribution in [2.75, 3.05) is 17.7 Å². The van der Waals surface area contributed by atoms with E-state index in [1.54, 1.807) is 30.3 Å². The molecule has 1 aromatic carbocycles. The van der Waals surface area contributed by atoms with Crippen molar-refractivity contribution >= 4 is 17.4 Å². The van der Waals surface area contributed by atoms with Gasteiger partial charge < -0.3 is 15.8 Å². The van der Waals surface area contributed by atoms with Gasteiger partial charge in [-0.2, -0.15) is 0 Å². The molecule has 0 saturated heterocycles. The van der Waals surface area contributed by atoms with Crippen LogP contribution in [-0.4, -0.2) is 17.5 Å². The molecule has 98 valence electrons. The highest BCUT2D eigenvalue weighted by molar-refractivity contribution is 5.90. The van der Waals surface area contributed by atoms with Crippen LogP contribution in [0.1, 0.15) is 5.69 Å². The summed E-state index contributed by atoms with van der Waals surface area (Å²) < 4.78 is 5.33. The maximum atomic E-state index is 11.7. The number of anilines is 2. The second-order valence-corrected chi connectivity index (χ2v) is 4.07. The van der Waals surface area contributed by atoms with Gasteiger partial charge in [-0.3, -0.25) is 4.79 Å². The van der Waals surface area contributed by atoms with Gasteiger partial charge in [0.05, 0.1) is 0 Å². The first-order valence-electron chi connectivity index (χ1n) is 5.85. The van der Waals surface area contributed by atoms with E-state index >= 15 is 0 Å². The van der Waals surface area contributed by atoms with Gasteiger partial charge in [0.15, 0.2) is 6.61 Å². The molecule has 1 heterocycles. The van der Waals surface area contributed by atoms with Crippen LogP contribution >= 0.6 is 0 Å². The number of rotatable bonds is 4. The van der Waals surface area contributed by atoms with Crippen molar-refractivity contribution in [2.24, 2.45) is 0 Å². The Hall–Kier alpha value is -2.56. The molecule has 0 aliphatic carbocycles. The Morgan fingerprint density at radius 3 is 2.84 bits per heavy atom. The number of hydrogen-bond donors (Lipinski definition) is 2. The molecule has 0 radical (unpaired) electrons. The van der Waals surface area contributed by atoms with Gasteiger partial charge in [-0.1, -0.05) is 12.1 Å². The maximum absolute atomic E-state index is 11.7. The van der Waals surface area contributed by atoms with E-state index in [9.17, 15) is 4.79 Å². The molecule has 5 nitrogen and oxygen atoms in total. The maximum Gasteiger partial charge on any atom is 0.263 e. The smallest absolute Gasteiger partial charge is 0.263 e. The van der Waals surface area contributed by atoms with Crippen LogP contribution in [-0.2, 0) is 4.79 Å². The molecule has 0 saturated carbocycles. The van der Waals surface area contributed by atoms with Crippen molar-refractivity contribution in [3.63, 3.8) is 0 Å². The largest absolute Gasteiger partial charge is 0.484 e. The highest BCUT2D eigenvalue weighted by Gasteiger charge is 2.04. The molecule has 0 bridgehead atoms. The fourth-order valence-electron chi connectivity index (χ4n) is 1.54. The number of aromatic nitrogens is 1. The van der Waals surface area contributed by atoms with Crippen molar-refractivity contribution in [3.05, 3.63) is 48.2 Å². The summed E-state index contributed by atoms with van der Waals surface area (Å²) in [7, 11) is 0. The second kappa shape index (κ2) is 5.86. The third-order valence-corrected chi connectivity index (χ3v) is 2.38. The van der Waals surface area contributed by atoms with Crippen LogP contribution in [0.5, 0.6) is 5.75 Å². The van der Waals surface area contributed by atoms with Crippen LogP contribution in [0.3, 0.4) is 0 Å². The number of nitrogens with two attached hydrogens (primary N) is 1. The van der Waals surface area contributed by atoms with E-state index in [0.29, 0.717) is 17.3 Å². The molecule has 0 spiro atoms. The van der Waals surface area contributed by atoms with E-state index < -0.39 is 0 Å². The number of carbonyl (C=O) groups is 1. The molecule has 2 aromatic rings. The molecule has 0 fully saturated rings. The van der Waals surface area contributed by atoms with E-state index in [-0.39, 0.29) is 12.5 Å². The molecule has 3 N–H and O–H groups in total. The Bertz CT molecular complexity index is 584. The first kappa shape index (κ1) is 12.9. The standard InChI is InChI=1S/C14H15N3O2/c1-10-4-2-7-13(16-10)17-14(18)9-19-12-6-3-5-11(15)8-12/h2-8H,9,15H2,1H3,(H,16,17,18). The third kappa shape index (κ3) is 3.99. The highest BCUT2D eigenvalue weighted by atomic mass is 16.5. The van der Waals surface area contributed by atoms with E-state index in [0.717, 1.165) is 5.69 Å². The quantitative estimate of drug-likeness (QED) is 0.821. The minimum Gasteiger partial charge on any atom is -0.484 e. The third-order valence-electron chi connectivity index (χ3n) is 2.38. The first-order chi connectivity index (χ1) is 9.13. The fourth-order valence-corrected chi connectivity index (χ4v) is 1.54. The van der Waals surface area contributed by atoms with Gasteiger partial charge in [-0.25, -0.2) is 4.98 Å². The first-order valence-corrected chi connectivity index (χ1v) is 5.85. The molecule has 0 atom stereocenters. The molecule has 0 aliphatic rings. The predicted octanol–water partition coefficient (Wildman–Crippen LogP) is 1.99. The van der Waals surface area contributed by atoms with Gasteiger partial charge in [0.1, 0.15) is 11.6 Å². The molecule has 19 heavy (non-hydrogen) atoms. The molecular formula is C14H15N3O2. The van der Waals surface area contributed by atoms with E-state index in [1.807, 2.05) is 19.1 Å². The van der Waals surface area contributed by atoms with Crippen molar-refractivity contribution < 1.29 is 9.53 Å². The summed E-state index contributed by atoms with van der Waals surface area (Å²) >= 11 is 0. The van der Waals surface area contributed by atoms with Crippen LogP contribution in [0.15, 0.2) is 42.5 Å². The fraction of sp³-hybridized carbons (Fsp3) is 0.143. The number of benzene rings is 1. The second-order valence-electron chi connectivity index (χ2n) is 4.07. The van der Waals surface area contributed by atoms with Gasteiger partial charge in [0, 0.05) is 17.4 Å². The molecular weight excluding hydrogens is 242 g/mol. The number of amides is 1. The van der Waals surface area contributed by atoms with Crippen molar-refractivity contribution in [2.45, 2.75) is 6.92 Å². The number of nitrogens with one attached hydrogen (secondary N) is 1. The summed E-state index contributed by atoms with van der Waals surface area (Å²) in [6.07, 6.45) is 0. The number of ether oxygens (including phenoxy) is 1. The summed E-state index contributed by atoms with van der Waals surface area (Å²) in [5.41, 5.74) is 7.05. The average Bonchev–Trinajstić information content (AvgIpc) is 2.36. The number of pyridine rings is 1. The molecule has 1 amide bonds. The van der Waals surface area contributed by atoms with Crippen molar-refractivity contribution in [1.29, 1.82) is 0 Å². The van der Waals surface area contributed by atoms with Crippen LogP contribution in [0.25, 0.3) is 0 Å². The van der Waals surface area contributed by atoms with Crippen molar-refractivity contribution in [1.82, 2.24) is 4.98 Å². The zero-order valence-corrected chi connectivity index (χ0v) is 10.6. The number of nitrogen functional groups attached to an aromatic ring is 1. The zero-order valence-electron chi connectivity index (χ0n) is 10.6. The molecule has 2 rings (SSSR count). The van der Waals surface area contributed by atoms with Crippen LogP contribution in [0.4, 0.5) is 11.5 Å². The van der Waals surface area contributed by atoms with Crippen LogP contribution in [0.2, 0.25) is 0 Å². The number of hydrogen-bond acceptors (Lipinski definition) is 4. The van der Waals surface area contributed by atoms with E-state index in [4.69, 9.17) is 10.5 Å². The number of carbonyl (C=O) groups excluding carboxylic acids is 1. The summed E-state index contributed by atoms with van der Waals surface area (Å²) in [5.74, 6) is 0.814. The van der Waals surface area contributed by atoms with Crippen molar-refractivity contribution in [3.8, 4) is 5.75 Å². The molecule has 0 unspecified atom stereocenters. The topological polar surface area (TPSA) is 77.2 Å². The molecule has 5 heteroatoms. The van der Waals surface area contributed by atoms with Gasteiger partial charge >= 0.3 is 0 Å². The Kier molecular flexibility index (Phi) is 3.97. The minimum atomic E-state index is -0.263. The minimum absolute atomic E-state index is 0.0843. The summed E-state index contributed by atoms with van der Waals surface area (Å²) in [6.45, 7) is 1.78. The summed E-state index contributed by atoms with van der Waals surface area (Å²) in [6, 6.07) is 12.3. The molecule has 1 aromatic heterocycles. The number of aryl methyl sites for hydroxylation is 1. The van der Waals surface area contributed by atoms with Gasteiger partial charge in [0.25, 0.3) is 5.91 Å². The Balaban J connectivity index is 1.88. The summed E-state index contributed by atoms with van der Waals surface area (Å²) in [4.78, 5) is 15.8. The van der Waals surface area contributed by atoms with E-state index in [2.05, 4.69) is 10.3 Å². The van der Waals surface area contributed by atoms with Gasteiger partial charge in [-0.05, 0) is 31.2 Å². The predicted molar refractivity (Wildman–Crippen MR) is 74.0 cm³/mol. The monoisotopic (exact) mass is 257 g/mol. The lowest BCUT2D eigenvalue weighted by Gasteiger charge is -2.07. The van der Waals surface area contributed by atoms with Gasteiger partial charge in [0.2, 0.25) is 0 Å². The average molecular weight is 257 g/mol. The van der Waals surface area contributed by atoms with Crippen LogP contribution < -0.4 is 15.8 Å². The number of nitrogens with zero attached hydrogens (tertiary/aromatic N) is 1. The van der Waals surface area contributed by atoms with E-state index in [1.165, 1.54) is 0 Å². The Morgan fingerprint density at radius 1 is 1.32 bits per heavy atom. The lowest BCUT2D eigenvalue weighted by molar-refractivity contribution is -0.118. The SMILES string of the molecule is Cc1cccc(NC(=O)COc2cccc(N)c2)n1. The van der Waals surface area contributed by atoms with Gasteiger partial charge in [-0.15, -0.1) is 0 Å². The lowest BCUT2D eigenvalue weighted by Crippen LogP contribution is -2.20. The summed E-state index contributed by atoms with van der Waals surface area (Å²) in [5, 5.41) is 2.66. The Labute approximate surface area is 111 Å². The zero-order chi connectivity index (χ0) is 13.7.